The predicted molar refractivity (Wildman–Crippen MR) is 79.4 cm³/mol. The number of nitrogen functional groups attached to an aromatic ring is 1. The maximum atomic E-state index is 12.3. The van der Waals surface area contributed by atoms with Crippen LogP contribution in [0, 0.1) is 0 Å². The van der Waals surface area contributed by atoms with E-state index >= 15 is 0 Å². The first-order valence-corrected chi connectivity index (χ1v) is 6.40. The Kier molecular flexibility index (Phi) is 3.76. The fourth-order valence-corrected chi connectivity index (χ4v) is 2.04. The van der Waals surface area contributed by atoms with Crippen molar-refractivity contribution in [3.05, 3.63) is 52.5 Å². The SMILES string of the molecule is CN(C(=O)c1cc(Br)ccc1O)c1ccc(N)cc1. The zero-order valence-corrected chi connectivity index (χ0v) is 11.9. The molecular formula is C14H13BrN2O2. The van der Waals surface area contributed by atoms with Gasteiger partial charge in [0.05, 0.1) is 5.56 Å². The van der Waals surface area contributed by atoms with Crippen LogP contribution < -0.4 is 10.6 Å². The van der Waals surface area contributed by atoms with Crippen LogP contribution in [-0.2, 0) is 0 Å². The number of carbonyl (C=O) groups is 1. The number of hydrogen-bond acceptors (Lipinski definition) is 3. The number of benzene rings is 2. The lowest BCUT2D eigenvalue weighted by Gasteiger charge is -2.18. The number of phenols is 1. The summed E-state index contributed by atoms with van der Waals surface area (Å²) in [5, 5.41) is 9.76. The Bertz CT molecular complexity index is 611. The van der Waals surface area contributed by atoms with Crippen molar-refractivity contribution >= 4 is 33.2 Å². The molecule has 0 atom stereocenters. The second kappa shape index (κ2) is 5.32. The second-order valence-corrected chi connectivity index (χ2v) is 5.03. The number of anilines is 2. The molecule has 2 aromatic carbocycles. The molecule has 0 saturated heterocycles. The van der Waals surface area contributed by atoms with E-state index in [9.17, 15) is 9.90 Å². The molecule has 0 fully saturated rings. The molecule has 0 aliphatic carbocycles. The molecule has 4 nitrogen and oxygen atoms in total. The summed E-state index contributed by atoms with van der Waals surface area (Å²) in [6, 6.07) is 11.7. The monoisotopic (exact) mass is 320 g/mol. The van der Waals surface area contributed by atoms with Gasteiger partial charge < -0.3 is 15.7 Å². The zero-order valence-electron chi connectivity index (χ0n) is 10.3. The van der Waals surface area contributed by atoms with Crippen molar-refractivity contribution < 1.29 is 9.90 Å². The molecule has 0 aliphatic heterocycles. The normalized spacial score (nSPS) is 10.2. The first kappa shape index (κ1) is 13.4. The first-order valence-electron chi connectivity index (χ1n) is 5.61. The van der Waals surface area contributed by atoms with Gasteiger partial charge in [-0.3, -0.25) is 4.79 Å². The molecule has 0 aromatic heterocycles. The third kappa shape index (κ3) is 2.88. The Morgan fingerprint density at radius 1 is 1.21 bits per heavy atom. The molecule has 0 unspecified atom stereocenters. The number of carbonyl (C=O) groups excluding carboxylic acids is 1. The van der Waals surface area contributed by atoms with Crippen molar-refractivity contribution in [3.8, 4) is 5.75 Å². The fourth-order valence-electron chi connectivity index (χ4n) is 1.68. The van der Waals surface area contributed by atoms with Crippen LogP contribution in [0.15, 0.2) is 46.9 Å². The Balaban J connectivity index is 2.33. The highest BCUT2D eigenvalue weighted by Gasteiger charge is 2.17. The van der Waals surface area contributed by atoms with Gasteiger partial charge in [0.25, 0.3) is 5.91 Å². The van der Waals surface area contributed by atoms with E-state index in [0.717, 1.165) is 4.47 Å². The number of halogens is 1. The van der Waals surface area contributed by atoms with Gasteiger partial charge in [-0.05, 0) is 42.5 Å². The maximum absolute atomic E-state index is 12.3. The topological polar surface area (TPSA) is 66.6 Å². The van der Waals surface area contributed by atoms with Gasteiger partial charge in [-0.15, -0.1) is 0 Å². The van der Waals surface area contributed by atoms with E-state index in [1.807, 2.05) is 0 Å². The van der Waals surface area contributed by atoms with Crippen molar-refractivity contribution in [3.63, 3.8) is 0 Å². The van der Waals surface area contributed by atoms with Crippen LogP contribution in [0.1, 0.15) is 10.4 Å². The van der Waals surface area contributed by atoms with Gasteiger partial charge in [0, 0.05) is 22.9 Å². The van der Waals surface area contributed by atoms with E-state index in [4.69, 9.17) is 5.73 Å². The van der Waals surface area contributed by atoms with E-state index in [0.29, 0.717) is 11.4 Å². The van der Waals surface area contributed by atoms with E-state index in [1.54, 1.807) is 43.4 Å². The van der Waals surface area contributed by atoms with Crippen LogP contribution in [0.5, 0.6) is 5.75 Å². The van der Waals surface area contributed by atoms with Gasteiger partial charge in [0.1, 0.15) is 5.75 Å². The highest BCUT2D eigenvalue weighted by atomic mass is 79.9. The van der Waals surface area contributed by atoms with Crippen molar-refractivity contribution in [2.45, 2.75) is 0 Å². The fraction of sp³-hybridized carbons (Fsp3) is 0.0714. The number of hydrogen-bond donors (Lipinski definition) is 2. The second-order valence-electron chi connectivity index (χ2n) is 4.12. The number of amides is 1. The molecule has 0 saturated carbocycles. The van der Waals surface area contributed by atoms with Gasteiger partial charge in [-0.1, -0.05) is 15.9 Å². The molecule has 0 heterocycles. The Morgan fingerprint density at radius 2 is 1.84 bits per heavy atom. The molecule has 0 radical (unpaired) electrons. The van der Waals surface area contributed by atoms with Gasteiger partial charge in [-0.2, -0.15) is 0 Å². The lowest BCUT2D eigenvalue weighted by Crippen LogP contribution is -2.26. The molecule has 19 heavy (non-hydrogen) atoms. The molecule has 3 N–H and O–H groups in total. The molecule has 5 heteroatoms. The molecule has 0 spiro atoms. The number of rotatable bonds is 2. The highest BCUT2D eigenvalue weighted by Crippen LogP contribution is 2.25. The lowest BCUT2D eigenvalue weighted by atomic mass is 10.1. The van der Waals surface area contributed by atoms with Gasteiger partial charge in [-0.25, -0.2) is 0 Å². The van der Waals surface area contributed by atoms with Crippen molar-refractivity contribution in [2.75, 3.05) is 17.7 Å². The quantitative estimate of drug-likeness (QED) is 0.836. The molecule has 2 aromatic rings. The van der Waals surface area contributed by atoms with Crippen LogP contribution >= 0.6 is 15.9 Å². The van der Waals surface area contributed by atoms with E-state index in [-0.39, 0.29) is 17.2 Å². The molecule has 1 amide bonds. The minimum Gasteiger partial charge on any atom is -0.507 e. The Morgan fingerprint density at radius 3 is 2.47 bits per heavy atom. The standard InChI is InChI=1S/C14H13BrN2O2/c1-17(11-5-3-10(16)4-6-11)14(19)12-8-9(15)2-7-13(12)18/h2-8,18H,16H2,1H3. The minimum atomic E-state index is -0.288. The predicted octanol–water partition coefficient (Wildman–Crippen LogP) is 3.01. The van der Waals surface area contributed by atoms with Gasteiger partial charge in [0.15, 0.2) is 0 Å². The summed E-state index contributed by atoms with van der Waals surface area (Å²) in [6.07, 6.45) is 0. The van der Waals surface area contributed by atoms with Crippen molar-refractivity contribution in [2.24, 2.45) is 0 Å². The van der Waals surface area contributed by atoms with Gasteiger partial charge >= 0.3 is 0 Å². The van der Waals surface area contributed by atoms with Crippen molar-refractivity contribution in [1.82, 2.24) is 0 Å². The largest absolute Gasteiger partial charge is 0.507 e. The van der Waals surface area contributed by atoms with E-state index < -0.39 is 0 Å². The van der Waals surface area contributed by atoms with Crippen LogP contribution in [0.25, 0.3) is 0 Å². The zero-order chi connectivity index (χ0) is 14.0. The number of aromatic hydroxyl groups is 1. The molecule has 2 rings (SSSR count). The summed E-state index contributed by atoms with van der Waals surface area (Å²) in [5.74, 6) is -0.334. The van der Waals surface area contributed by atoms with Crippen LogP contribution in [-0.4, -0.2) is 18.1 Å². The summed E-state index contributed by atoms with van der Waals surface area (Å²) >= 11 is 3.28. The Hall–Kier alpha value is -2.01. The van der Waals surface area contributed by atoms with Crippen molar-refractivity contribution in [1.29, 1.82) is 0 Å². The highest BCUT2D eigenvalue weighted by molar-refractivity contribution is 9.10. The summed E-state index contributed by atoms with van der Waals surface area (Å²) in [7, 11) is 1.65. The summed E-state index contributed by atoms with van der Waals surface area (Å²) in [6.45, 7) is 0. The average molecular weight is 321 g/mol. The third-order valence-electron chi connectivity index (χ3n) is 2.77. The average Bonchev–Trinajstić information content (AvgIpc) is 2.41. The Labute approximate surface area is 119 Å². The third-order valence-corrected chi connectivity index (χ3v) is 3.27. The summed E-state index contributed by atoms with van der Waals surface area (Å²) in [4.78, 5) is 13.8. The van der Waals surface area contributed by atoms with Crippen LogP contribution in [0.2, 0.25) is 0 Å². The summed E-state index contributed by atoms with van der Waals surface area (Å²) < 4.78 is 0.736. The molecule has 0 aliphatic rings. The molecule has 0 bridgehead atoms. The maximum Gasteiger partial charge on any atom is 0.261 e. The molecule has 98 valence electrons. The number of phenolic OH excluding ortho intramolecular Hbond substituents is 1. The van der Waals surface area contributed by atoms with E-state index in [2.05, 4.69) is 15.9 Å². The van der Waals surface area contributed by atoms with Crippen LogP contribution in [0.3, 0.4) is 0 Å². The smallest absolute Gasteiger partial charge is 0.261 e. The van der Waals surface area contributed by atoms with Crippen LogP contribution in [0.4, 0.5) is 11.4 Å². The number of nitrogens with two attached hydrogens (primary N) is 1. The number of nitrogens with zero attached hydrogens (tertiary/aromatic N) is 1. The summed E-state index contributed by atoms with van der Waals surface area (Å²) in [5.41, 5.74) is 7.19. The molecular weight excluding hydrogens is 308 g/mol. The van der Waals surface area contributed by atoms with E-state index in [1.165, 1.54) is 11.0 Å². The van der Waals surface area contributed by atoms with Gasteiger partial charge in [0.2, 0.25) is 0 Å². The lowest BCUT2D eigenvalue weighted by molar-refractivity contribution is 0.0990. The minimum absolute atomic E-state index is 0.0458. The first-order chi connectivity index (χ1) is 8.99.